The van der Waals surface area contributed by atoms with Gasteiger partial charge in [0.25, 0.3) is 0 Å². The van der Waals surface area contributed by atoms with Crippen LogP contribution in [0.15, 0.2) is 18.2 Å². The molecule has 8 heteroatoms. The second-order valence-electron chi connectivity index (χ2n) is 7.30. The molecule has 1 aliphatic carbocycles. The predicted octanol–water partition coefficient (Wildman–Crippen LogP) is 3.42. The van der Waals surface area contributed by atoms with Gasteiger partial charge in [-0.1, -0.05) is 12.2 Å². The van der Waals surface area contributed by atoms with Gasteiger partial charge in [-0.2, -0.15) is 11.8 Å². The fourth-order valence-corrected chi connectivity index (χ4v) is 4.67. The van der Waals surface area contributed by atoms with Crippen LogP contribution in [0, 0.1) is 11.7 Å². The molecule has 1 saturated carbocycles. The molecule has 2 heterocycles. The largest absolute Gasteiger partial charge is 0.442 e. The van der Waals surface area contributed by atoms with Crippen molar-refractivity contribution in [3.05, 3.63) is 24.0 Å². The number of rotatable bonds is 6. The lowest BCUT2D eigenvalue weighted by molar-refractivity contribution is 0.143. The number of ether oxygens (including phenoxy) is 1. The maximum absolute atomic E-state index is 14.6. The molecule has 0 spiro atoms. The number of nitrogens with zero attached hydrogens (tertiary/aromatic N) is 2. The molecular weight excluding hydrogens is 385 g/mol. The molecule has 0 aromatic heterocycles. The Bertz CT molecular complexity index is 723. The summed E-state index contributed by atoms with van der Waals surface area (Å²) in [5.74, 6) is 2.46. The molecule has 4 rings (SSSR count). The Morgan fingerprint density at radius 2 is 2.11 bits per heavy atom. The molecule has 1 aromatic rings. The number of cyclic esters (lactones) is 1. The van der Waals surface area contributed by atoms with Crippen LogP contribution >= 0.6 is 24.0 Å². The molecule has 2 saturated heterocycles. The molecule has 0 radical (unpaired) electrons. The summed E-state index contributed by atoms with van der Waals surface area (Å²) in [5, 5.41) is 3.20. The van der Waals surface area contributed by atoms with Crippen LogP contribution in [0.3, 0.4) is 0 Å². The zero-order chi connectivity index (χ0) is 18.8. The molecule has 1 amide bonds. The summed E-state index contributed by atoms with van der Waals surface area (Å²) in [6.45, 7) is 2.60. The molecule has 146 valence electrons. The summed E-state index contributed by atoms with van der Waals surface area (Å²) in [7, 11) is 0. The highest BCUT2D eigenvalue weighted by molar-refractivity contribution is 7.99. The second-order valence-corrected chi connectivity index (χ2v) is 9.02. The molecule has 5 nitrogen and oxygen atoms in total. The van der Waals surface area contributed by atoms with E-state index in [2.05, 4.69) is 10.2 Å². The Balaban J connectivity index is 1.35. The van der Waals surface area contributed by atoms with E-state index in [9.17, 15) is 9.18 Å². The van der Waals surface area contributed by atoms with Crippen LogP contribution in [0.4, 0.5) is 20.6 Å². The summed E-state index contributed by atoms with van der Waals surface area (Å²) < 4.78 is 20.1. The first kappa shape index (κ1) is 18.8. The average Bonchev–Trinajstić information content (AvgIpc) is 3.40. The third-order valence-electron chi connectivity index (χ3n) is 5.17. The minimum absolute atomic E-state index is 0.281. The van der Waals surface area contributed by atoms with Gasteiger partial charge in [-0.25, -0.2) is 9.18 Å². The van der Waals surface area contributed by atoms with Crippen LogP contribution in [-0.2, 0) is 4.74 Å². The van der Waals surface area contributed by atoms with Gasteiger partial charge in [0.1, 0.15) is 11.9 Å². The number of amides is 1. The van der Waals surface area contributed by atoms with Gasteiger partial charge in [-0.3, -0.25) is 4.90 Å². The molecule has 1 N–H and O–H groups in total. The Morgan fingerprint density at radius 3 is 2.81 bits per heavy atom. The lowest BCUT2D eigenvalue weighted by atomic mass is 10.2. The number of thioether (sulfide) groups is 1. The van der Waals surface area contributed by atoms with Crippen molar-refractivity contribution in [3.8, 4) is 0 Å². The van der Waals surface area contributed by atoms with Crippen LogP contribution in [0.2, 0.25) is 0 Å². The number of thiocarbonyl (C=S) groups is 1. The zero-order valence-corrected chi connectivity index (χ0v) is 16.8. The van der Waals surface area contributed by atoms with E-state index in [-0.39, 0.29) is 11.9 Å². The normalized spacial score (nSPS) is 22.7. The van der Waals surface area contributed by atoms with Crippen molar-refractivity contribution >= 4 is 46.4 Å². The maximum atomic E-state index is 14.6. The topological polar surface area (TPSA) is 44.8 Å². The smallest absolute Gasteiger partial charge is 0.414 e. The van der Waals surface area contributed by atoms with Crippen LogP contribution in [0.1, 0.15) is 19.3 Å². The van der Waals surface area contributed by atoms with Crippen LogP contribution < -0.4 is 15.1 Å². The lowest BCUT2D eigenvalue weighted by Crippen LogP contribution is -2.34. The van der Waals surface area contributed by atoms with Gasteiger partial charge < -0.3 is 15.0 Å². The zero-order valence-electron chi connectivity index (χ0n) is 15.2. The van der Waals surface area contributed by atoms with E-state index < -0.39 is 6.09 Å². The Labute approximate surface area is 168 Å². The van der Waals surface area contributed by atoms with E-state index >= 15 is 0 Å². The number of halogens is 1. The van der Waals surface area contributed by atoms with Crippen molar-refractivity contribution in [2.75, 3.05) is 47.5 Å². The third kappa shape index (κ3) is 4.66. The Hall–Kier alpha value is -1.54. The predicted molar refractivity (Wildman–Crippen MR) is 111 cm³/mol. The first-order valence-electron chi connectivity index (χ1n) is 9.47. The van der Waals surface area contributed by atoms with E-state index in [1.165, 1.54) is 23.8 Å². The highest BCUT2D eigenvalue weighted by atomic mass is 32.2. The van der Waals surface area contributed by atoms with Gasteiger partial charge in [-0.15, -0.1) is 0 Å². The van der Waals surface area contributed by atoms with Crippen LogP contribution in [0.5, 0.6) is 0 Å². The third-order valence-corrected chi connectivity index (χ3v) is 6.42. The molecule has 1 atom stereocenters. The molecule has 0 unspecified atom stereocenters. The molecule has 1 aromatic carbocycles. The van der Waals surface area contributed by atoms with E-state index in [4.69, 9.17) is 17.0 Å². The average molecular weight is 410 g/mol. The van der Waals surface area contributed by atoms with Gasteiger partial charge in [0.15, 0.2) is 0 Å². The van der Waals surface area contributed by atoms with Gasteiger partial charge in [0.2, 0.25) is 0 Å². The van der Waals surface area contributed by atoms with Crippen molar-refractivity contribution < 1.29 is 13.9 Å². The number of anilines is 2. The first-order valence-corrected chi connectivity index (χ1v) is 11.0. The van der Waals surface area contributed by atoms with E-state index in [1.807, 2.05) is 11.8 Å². The second kappa shape index (κ2) is 8.22. The minimum atomic E-state index is -0.434. The van der Waals surface area contributed by atoms with Crippen molar-refractivity contribution in [2.24, 2.45) is 5.92 Å². The van der Waals surface area contributed by atoms with Gasteiger partial charge in [0.05, 0.1) is 29.5 Å². The number of hydrogen-bond acceptors (Lipinski definition) is 5. The molecule has 2 aliphatic heterocycles. The summed E-state index contributed by atoms with van der Waals surface area (Å²) >= 11 is 7.22. The molecular formula is C19H24FN3O2S2. The summed E-state index contributed by atoms with van der Waals surface area (Å²) in [6, 6.07) is 5.01. The number of hydrogen-bond donors (Lipinski definition) is 1. The van der Waals surface area contributed by atoms with Crippen molar-refractivity contribution in [1.29, 1.82) is 0 Å². The Morgan fingerprint density at radius 1 is 1.33 bits per heavy atom. The summed E-state index contributed by atoms with van der Waals surface area (Å²) in [6.07, 6.45) is 2.71. The van der Waals surface area contributed by atoms with Crippen molar-refractivity contribution in [1.82, 2.24) is 5.32 Å². The van der Waals surface area contributed by atoms with Crippen LogP contribution in [0.25, 0.3) is 0 Å². The summed E-state index contributed by atoms with van der Waals surface area (Å²) in [5.41, 5.74) is 1.14. The molecule has 0 bridgehead atoms. The maximum Gasteiger partial charge on any atom is 0.414 e. The van der Waals surface area contributed by atoms with Crippen LogP contribution in [-0.4, -0.2) is 54.9 Å². The van der Waals surface area contributed by atoms with E-state index in [0.717, 1.165) is 41.9 Å². The van der Waals surface area contributed by atoms with E-state index in [1.54, 1.807) is 12.1 Å². The first-order chi connectivity index (χ1) is 13.1. The highest BCUT2D eigenvalue weighted by Crippen LogP contribution is 2.32. The monoisotopic (exact) mass is 409 g/mol. The van der Waals surface area contributed by atoms with Gasteiger partial charge in [0, 0.05) is 31.0 Å². The van der Waals surface area contributed by atoms with Gasteiger partial charge >= 0.3 is 6.09 Å². The lowest BCUT2D eigenvalue weighted by Gasteiger charge is -2.29. The number of benzene rings is 1. The number of carbonyl (C=O) groups excluding carboxylic acids is 1. The minimum Gasteiger partial charge on any atom is -0.442 e. The SMILES string of the molecule is O=C1O[C@@H](CNC(=S)CC2CC2)CN1c1ccc(N2CCSCC2)c(F)c1. The fourth-order valence-electron chi connectivity index (χ4n) is 3.45. The standard InChI is InChI=1S/C19H24FN3O2S2/c20-16-10-14(3-4-17(16)22-5-7-27-8-6-22)23-12-15(25-19(23)24)11-21-18(26)9-13-1-2-13/h3-4,10,13,15H,1-2,5-9,11-12H2,(H,21,26)/t15-/m0/s1. The molecule has 27 heavy (non-hydrogen) atoms. The van der Waals surface area contributed by atoms with E-state index in [0.29, 0.717) is 24.5 Å². The van der Waals surface area contributed by atoms with Crippen molar-refractivity contribution in [3.63, 3.8) is 0 Å². The molecule has 3 fully saturated rings. The van der Waals surface area contributed by atoms with Crippen molar-refractivity contribution in [2.45, 2.75) is 25.4 Å². The molecule has 3 aliphatic rings. The quantitative estimate of drug-likeness (QED) is 0.727. The number of carbonyl (C=O) groups is 1. The summed E-state index contributed by atoms with van der Waals surface area (Å²) in [4.78, 5) is 16.6. The highest BCUT2D eigenvalue weighted by Gasteiger charge is 2.33. The fraction of sp³-hybridized carbons (Fsp3) is 0.579. The Kier molecular flexibility index (Phi) is 5.73. The number of nitrogens with one attached hydrogen (secondary N) is 1. The van der Waals surface area contributed by atoms with Gasteiger partial charge in [-0.05, 0) is 37.0 Å².